The molecule has 0 radical (unpaired) electrons. The van der Waals surface area contributed by atoms with Gasteiger partial charge < -0.3 is 14.6 Å². The molecule has 0 aliphatic carbocycles. The number of anilines is 1. The van der Waals surface area contributed by atoms with Gasteiger partial charge in [-0.05, 0) is 65.3 Å². The number of nitrogens with zero attached hydrogens (tertiary/aromatic N) is 2. The summed E-state index contributed by atoms with van der Waals surface area (Å²) in [7, 11) is 0. The Labute approximate surface area is 152 Å². The van der Waals surface area contributed by atoms with Crippen molar-refractivity contribution < 1.29 is 29.0 Å². The van der Waals surface area contributed by atoms with E-state index in [-0.39, 0.29) is 5.82 Å². The van der Waals surface area contributed by atoms with Crippen molar-refractivity contribution in [3.05, 3.63) is 30.0 Å². The maximum atomic E-state index is 12.5. The van der Waals surface area contributed by atoms with Crippen molar-refractivity contribution >= 4 is 30.0 Å². The first-order chi connectivity index (χ1) is 11.8. The average Bonchev–Trinajstić information content (AvgIpc) is 2.42. The van der Waals surface area contributed by atoms with E-state index in [1.165, 1.54) is 24.4 Å². The maximum Gasteiger partial charge on any atom is 0.425 e. The Balaban J connectivity index is 3.17. The monoisotopic (exact) mass is 364 g/mol. The summed E-state index contributed by atoms with van der Waals surface area (Å²) in [4.78, 5) is 40.2. The summed E-state index contributed by atoms with van der Waals surface area (Å²) >= 11 is 0. The molecule has 0 spiro atoms. The third kappa shape index (κ3) is 7.33. The number of carbonyl (C=O) groups excluding carboxylic acids is 2. The van der Waals surface area contributed by atoms with Crippen LogP contribution in [0.5, 0.6) is 0 Å². The number of hydrogen-bond acceptors (Lipinski definition) is 6. The molecule has 0 saturated heterocycles. The van der Waals surface area contributed by atoms with E-state index in [1.54, 1.807) is 41.5 Å². The first-order valence-corrected chi connectivity index (χ1v) is 7.92. The van der Waals surface area contributed by atoms with Crippen LogP contribution in [0.3, 0.4) is 0 Å². The van der Waals surface area contributed by atoms with Crippen molar-refractivity contribution in [2.75, 3.05) is 4.90 Å². The van der Waals surface area contributed by atoms with Crippen LogP contribution in [-0.4, -0.2) is 39.4 Å². The first kappa shape index (κ1) is 21.1. The minimum absolute atomic E-state index is 0.000903. The fraction of sp³-hybridized carbons (Fsp3) is 0.444. The van der Waals surface area contributed by atoms with E-state index in [0.717, 1.165) is 6.08 Å². The van der Waals surface area contributed by atoms with E-state index in [4.69, 9.17) is 14.6 Å². The molecule has 8 heteroatoms. The van der Waals surface area contributed by atoms with Crippen molar-refractivity contribution in [2.45, 2.75) is 52.7 Å². The number of carboxylic acid groups (broad SMARTS) is 1. The number of amides is 2. The predicted molar refractivity (Wildman–Crippen MR) is 95.9 cm³/mol. The number of pyridine rings is 1. The summed E-state index contributed by atoms with van der Waals surface area (Å²) in [5.74, 6) is -1.10. The number of rotatable bonds is 3. The molecule has 26 heavy (non-hydrogen) atoms. The van der Waals surface area contributed by atoms with E-state index in [2.05, 4.69) is 4.98 Å². The molecule has 1 N–H and O–H groups in total. The highest BCUT2D eigenvalue weighted by Gasteiger charge is 2.33. The van der Waals surface area contributed by atoms with E-state index in [9.17, 15) is 14.4 Å². The largest absolute Gasteiger partial charge is 0.478 e. The topological polar surface area (TPSA) is 106 Å². The van der Waals surface area contributed by atoms with Crippen LogP contribution in [0, 0.1) is 0 Å². The minimum atomic E-state index is -1.10. The predicted octanol–water partition coefficient (Wildman–Crippen LogP) is 3.86. The van der Waals surface area contributed by atoms with E-state index >= 15 is 0 Å². The smallest absolute Gasteiger partial charge is 0.425 e. The van der Waals surface area contributed by atoms with Gasteiger partial charge in [-0.15, -0.1) is 0 Å². The molecule has 0 fully saturated rings. The number of carboxylic acids is 1. The van der Waals surface area contributed by atoms with E-state index in [1.807, 2.05) is 0 Å². The highest BCUT2D eigenvalue weighted by atomic mass is 16.6. The molecule has 0 saturated carbocycles. The zero-order valence-corrected chi connectivity index (χ0v) is 15.8. The lowest BCUT2D eigenvalue weighted by Crippen LogP contribution is -2.44. The van der Waals surface area contributed by atoms with Gasteiger partial charge in [0.2, 0.25) is 0 Å². The Bertz CT molecular complexity index is 668. The molecule has 142 valence electrons. The molecule has 0 aromatic carbocycles. The average molecular weight is 364 g/mol. The van der Waals surface area contributed by atoms with Gasteiger partial charge in [-0.25, -0.2) is 19.4 Å². The molecule has 0 aliphatic rings. The van der Waals surface area contributed by atoms with Crippen molar-refractivity contribution in [1.82, 2.24) is 4.98 Å². The van der Waals surface area contributed by atoms with Gasteiger partial charge in [-0.1, -0.05) is 0 Å². The molecule has 1 aromatic rings. The van der Waals surface area contributed by atoms with Gasteiger partial charge in [0.05, 0.1) is 0 Å². The summed E-state index contributed by atoms with van der Waals surface area (Å²) in [6.45, 7) is 10.0. The van der Waals surface area contributed by atoms with Gasteiger partial charge in [0.15, 0.2) is 0 Å². The van der Waals surface area contributed by atoms with Crippen molar-refractivity contribution in [3.63, 3.8) is 0 Å². The molecule has 0 atom stereocenters. The lowest BCUT2D eigenvalue weighted by molar-refractivity contribution is -0.131. The fourth-order valence-corrected chi connectivity index (χ4v) is 1.67. The summed E-state index contributed by atoms with van der Waals surface area (Å²) in [6.07, 6.45) is 1.78. The van der Waals surface area contributed by atoms with Gasteiger partial charge >= 0.3 is 18.2 Å². The lowest BCUT2D eigenvalue weighted by atomic mass is 10.2. The molecular formula is C18H24N2O6. The number of ether oxygens (including phenoxy) is 2. The summed E-state index contributed by atoms with van der Waals surface area (Å²) in [5, 5.41) is 8.64. The Hall–Kier alpha value is -2.90. The molecule has 0 bridgehead atoms. The number of hydrogen-bond donors (Lipinski definition) is 1. The first-order valence-electron chi connectivity index (χ1n) is 7.92. The Morgan fingerprint density at radius 3 is 1.85 bits per heavy atom. The molecule has 0 unspecified atom stereocenters. The van der Waals surface area contributed by atoms with Crippen LogP contribution in [-0.2, 0) is 14.3 Å². The van der Waals surface area contributed by atoms with Crippen LogP contribution in [0.2, 0.25) is 0 Å². The molecule has 1 aromatic heterocycles. The van der Waals surface area contributed by atoms with Crippen LogP contribution in [0.15, 0.2) is 24.4 Å². The fourth-order valence-electron chi connectivity index (χ4n) is 1.67. The van der Waals surface area contributed by atoms with Crippen LogP contribution >= 0.6 is 0 Å². The SMILES string of the molecule is CC(C)(C)OC(=O)N(C(=O)OC(C)(C)C)c1ccc(C=CC(=O)O)cn1. The Kier molecular flexibility index (Phi) is 6.49. The Morgan fingerprint density at radius 1 is 1.00 bits per heavy atom. The molecule has 2 amide bonds. The summed E-state index contributed by atoms with van der Waals surface area (Å²) in [5.41, 5.74) is -1.15. The van der Waals surface area contributed by atoms with Crippen LogP contribution in [0.4, 0.5) is 15.4 Å². The van der Waals surface area contributed by atoms with Gasteiger partial charge in [0.25, 0.3) is 0 Å². The van der Waals surface area contributed by atoms with Crippen molar-refractivity contribution in [3.8, 4) is 0 Å². The molecular weight excluding hydrogens is 340 g/mol. The number of imide groups is 1. The van der Waals surface area contributed by atoms with Crippen molar-refractivity contribution in [1.29, 1.82) is 0 Å². The highest BCUT2D eigenvalue weighted by Crippen LogP contribution is 2.20. The number of aliphatic carboxylic acids is 1. The Morgan fingerprint density at radius 2 is 1.50 bits per heavy atom. The second-order valence-electron chi connectivity index (χ2n) is 7.42. The lowest BCUT2D eigenvalue weighted by Gasteiger charge is -2.28. The van der Waals surface area contributed by atoms with Gasteiger partial charge in [0, 0.05) is 12.3 Å². The summed E-state index contributed by atoms with van der Waals surface area (Å²) < 4.78 is 10.5. The standard InChI is InChI=1S/C18H24N2O6/c1-17(2,3)25-15(23)20(16(24)26-18(4,5)6)13-9-7-12(11-19-13)8-10-14(21)22/h7-11H,1-6H3,(H,21,22). The number of carbonyl (C=O) groups is 3. The quantitative estimate of drug-likeness (QED) is 0.812. The highest BCUT2D eigenvalue weighted by molar-refractivity contribution is 6.08. The minimum Gasteiger partial charge on any atom is -0.478 e. The second-order valence-corrected chi connectivity index (χ2v) is 7.42. The van der Waals surface area contributed by atoms with Gasteiger partial charge in [0.1, 0.15) is 17.0 Å². The third-order valence-corrected chi connectivity index (χ3v) is 2.57. The number of aromatic nitrogens is 1. The molecule has 8 nitrogen and oxygen atoms in total. The van der Waals surface area contributed by atoms with Gasteiger partial charge in [-0.2, -0.15) is 4.90 Å². The molecule has 1 rings (SSSR count). The van der Waals surface area contributed by atoms with Crippen molar-refractivity contribution in [2.24, 2.45) is 0 Å². The normalized spacial score (nSPS) is 11.9. The molecule has 1 heterocycles. The third-order valence-electron chi connectivity index (χ3n) is 2.57. The van der Waals surface area contributed by atoms with Gasteiger partial charge in [-0.3, -0.25) is 0 Å². The van der Waals surface area contributed by atoms with E-state index in [0.29, 0.717) is 10.5 Å². The van der Waals surface area contributed by atoms with E-state index < -0.39 is 29.4 Å². The van der Waals surface area contributed by atoms with Crippen LogP contribution < -0.4 is 4.90 Å². The molecule has 0 aliphatic heterocycles. The maximum absolute atomic E-state index is 12.5. The second kappa shape index (κ2) is 7.99. The van der Waals surface area contributed by atoms with Crippen LogP contribution in [0.1, 0.15) is 47.1 Å². The van der Waals surface area contributed by atoms with Crippen LogP contribution in [0.25, 0.3) is 6.08 Å². The summed E-state index contributed by atoms with van der Waals surface area (Å²) in [6, 6.07) is 2.92. The zero-order chi connectivity index (χ0) is 20.1. The zero-order valence-electron chi connectivity index (χ0n) is 15.8.